The number of nitrogens with one attached hydrogen (secondary N) is 1. The van der Waals surface area contributed by atoms with Gasteiger partial charge in [-0.15, -0.1) is 35.0 Å². The van der Waals surface area contributed by atoms with E-state index >= 15 is 0 Å². The Bertz CT molecular complexity index is 519. The standard InChI is InChI=1S/C13H13NOS2/c1-2-3-4-5-7-14-13(15)12-9-11-10(17-12)6-8-16-11/h1,6,8-9H,3-5,7H2,(H,14,15). The Hall–Kier alpha value is -1.31. The lowest BCUT2D eigenvalue weighted by molar-refractivity contribution is 0.0957. The van der Waals surface area contributed by atoms with Gasteiger partial charge in [0.05, 0.1) is 4.88 Å². The van der Waals surface area contributed by atoms with Crippen molar-refractivity contribution < 1.29 is 4.79 Å². The van der Waals surface area contributed by atoms with E-state index in [-0.39, 0.29) is 5.91 Å². The van der Waals surface area contributed by atoms with Crippen molar-refractivity contribution >= 4 is 38.0 Å². The molecule has 0 saturated carbocycles. The van der Waals surface area contributed by atoms with Crippen LogP contribution in [0.25, 0.3) is 9.40 Å². The fourth-order valence-corrected chi connectivity index (χ4v) is 3.54. The zero-order valence-corrected chi connectivity index (χ0v) is 11.0. The molecule has 2 heterocycles. The van der Waals surface area contributed by atoms with Gasteiger partial charge < -0.3 is 5.32 Å². The average molecular weight is 263 g/mol. The van der Waals surface area contributed by atoms with Crippen LogP contribution in [0.3, 0.4) is 0 Å². The van der Waals surface area contributed by atoms with Crippen molar-refractivity contribution in [3.63, 3.8) is 0 Å². The quantitative estimate of drug-likeness (QED) is 0.649. The molecule has 0 aromatic carbocycles. The van der Waals surface area contributed by atoms with Crippen LogP contribution in [0.15, 0.2) is 17.5 Å². The molecule has 2 rings (SSSR count). The van der Waals surface area contributed by atoms with Crippen LogP contribution >= 0.6 is 22.7 Å². The molecule has 1 amide bonds. The van der Waals surface area contributed by atoms with Crippen molar-refractivity contribution in [1.82, 2.24) is 5.32 Å². The lowest BCUT2D eigenvalue weighted by Gasteiger charge is -2.01. The summed E-state index contributed by atoms with van der Waals surface area (Å²) in [5.41, 5.74) is 0. The maximum atomic E-state index is 11.8. The predicted octanol–water partition coefficient (Wildman–Crippen LogP) is 3.50. The van der Waals surface area contributed by atoms with E-state index in [0.717, 1.165) is 24.1 Å². The second kappa shape index (κ2) is 5.85. The fraction of sp³-hybridized carbons (Fsp3) is 0.308. The number of rotatable bonds is 5. The lowest BCUT2D eigenvalue weighted by atomic mass is 10.2. The van der Waals surface area contributed by atoms with Gasteiger partial charge in [0.1, 0.15) is 0 Å². The van der Waals surface area contributed by atoms with E-state index in [4.69, 9.17) is 6.42 Å². The Labute approximate surface area is 109 Å². The summed E-state index contributed by atoms with van der Waals surface area (Å²) in [7, 11) is 0. The van der Waals surface area contributed by atoms with E-state index in [1.807, 2.05) is 17.5 Å². The van der Waals surface area contributed by atoms with Crippen LogP contribution in [0.1, 0.15) is 28.9 Å². The van der Waals surface area contributed by atoms with Gasteiger partial charge in [-0.2, -0.15) is 0 Å². The number of amides is 1. The number of hydrogen-bond acceptors (Lipinski definition) is 3. The van der Waals surface area contributed by atoms with Gasteiger partial charge >= 0.3 is 0 Å². The van der Waals surface area contributed by atoms with Crippen LogP contribution in [0.4, 0.5) is 0 Å². The molecular weight excluding hydrogens is 250 g/mol. The van der Waals surface area contributed by atoms with E-state index in [9.17, 15) is 4.79 Å². The van der Waals surface area contributed by atoms with E-state index in [2.05, 4.69) is 11.2 Å². The Morgan fingerprint density at radius 1 is 1.41 bits per heavy atom. The summed E-state index contributed by atoms with van der Waals surface area (Å²) >= 11 is 3.22. The van der Waals surface area contributed by atoms with Crippen molar-refractivity contribution in [2.45, 2.75) is 19.3 Å². The minimum atomic E-state index is 0.0270. The molecule has 0 aliphatic heterocycles. The molecule has 0 aliphatic carbocycles. The second-order valence-corrected chi connectivity index (χ2v) is 5.71. The van der Waals surface area contributed by atoms with Crippen LogP contribution in [0.2, 0.25) is 0 Å². The van der Waals surface area contributed by atoms with Crippen molar-refractivity contribution in [2.75, 3.05) is 6.54 Å². The first kappa shape index (κ1) is 12.2. The third-order valence-electron chi connectivity index (χ3n) is 2.40. The van der Waals surface area contributed by atoms with E-state index in [1.54, 1.807) is 22.7 Å². The maximum Gasteiger partial charge on any atom is 0.261 e. The lowest BCUT2D eigenvalue weighted by Crippen LogP contribution is -2.23. The van der Waals surface area contributed by atoms with Gasteiger partial charge in [0.2, 0.25) is 0 Å². The largest absolute Gasteiger partial charge is 0.351 e. The highest BCUT2D eigenvalue weighted by molar-refractivity contribution is 7.27. The molecule has 17 heavy (non-hydrogen) atoms. The van der Waals surface area contributed by atoms with Gasteiger partial charge in [0, 0.05) is 22.4 Å². The summed E-state index contributed by atoms with van der Waals surface area (Å²) in [6, 6.07) is 4.01. The SMILES string of the molecule is C#CCCCCNC(=O)c1cc2sccc2s1. The smallest absolute Gasteiger partial charge is 0.261 e. The summed E-state index contributed by atoms with van der Waals surface area (Å²) in [5.74, 6) is 2.62. The van der Waals surface area contributed by atoms with Gasteiger partial charge in [-0.3, -0.25) is 4.79 Å². The zero-order chi connectivity index (χ0) is 12.1. The predicted molar refractivity (Wildman–Crippen MR) is 74.7 cm³/mol. The third kappa shape index (κ3) is 3.09. The molecule has 4 heteroatoms. The zero-order valence-electron chi connectivity index (χ0n) is 9.36. The van der Waals surface area contributed by atoms with E-state index in [0.29, 0.717) is 6.54 Å². The summed E-state index contributed by atoms with van der Waals surface area (Å²) in [6.45, 7) is 0.700. The number of fused-ring (bicyclic) bond motifs is 1. The summed E-state index contributed by atoms with van der Waals surface area (Å²) in [6.07, 6.45) is 7.85. The number of thiophene rings is 2. The van der Waals surface area contributed by atoms with Gasteiger partial charge in [-0.25, -0.2) is 0 Å². The first-order valence-corrected chi connectivity index (χ1v) is 7.19. The molecular formula is C13H13NOS2. The highest BCUT2D eigenvalue weighted by atomic mass is 32.1. The molecule has 2 aromatic heterocycles. The highest BCUT2D eigenvalue weighted by Gasteiger charge is 2.09. The first-order valence-electron chi connectivity index (χ1n) is 5.50. The third-order valence-corrected chi connectivity index (χ3v) is 4.49. The molecule has 0 unspecified atom stereocenters. The molecule has 1 N–H and O–H groups in total. The molecule has 0 fully saturated rings. The first-order chi connectivity index (χ1) is 8.31. The van der Waals surface area contributed by atoms with Crippen molar-refractivity contribution in [2.24, 2.45) is 0 Å². The topological polar surface area (TPSA) is 29.1 Å². The second-order valence-electron chi connectivity index (χ2n) is 3.68. The Balaban J connectivity index is 1.84. The highest BCUT2D eigenvalue weighted by Crippen LogP contribution is 2.29. The molecule has 0 saturated heterocycles. The Kier molecular flexibility index (Phi) is 4.18. The van der Waals surface area contributed by atoms with Crippen LogP contribution in [-0.2, 0) is 0 Å². The van der Waals surface area contributed by atoms with Gasteiger partial charge in [-0.1, -0.05) is 0 Å². The van der Waals surface area contributed by atoms with Crippen molar-refractivity contribution in [3.05, 3.63) is 22.4 Å². The number of hydrogen-bond donors (Lipinski definition) is 1. The molecule has 0 atom stereocenters. The minimum absolute atomic E-state index is 0.0270. The fourth-order valence-electron chi connectivity index (χ4n) is 1.52. The van der Waals surface area contributed by atoms with Gasteiger partial charge in [0.15, 0.2) is 0 Å². The van der Waals surface area contributed by atoms with E-state index in [1.165, 1.54) is 9.40 Å². The number of carbonyl (C=O) groups excluding carboxylic acids is 1. The average Bonchev–Trinajstić information content (AvgIpc) is 2.88. The van der Waals surface area contributed by atoms with Gasteiger partial charge in [-0.05, 0) is 30.4 Å². The number of terminal acetylenes is 1. The summed E-state index contributed by atoms with van der Waals surface area (Å²) in [5, 5.41) is 4.96. The molecule has 2 aromatic rings. The molecule has 0 aliphatic rings. The molecule has 88 valence electrons. The summed E-state index contributed by atoms with van der Waals surface area (Å²) < 4.78 is 2.37. The van der Waals surface area contributed by atoms with Crippen LogP contribution < -0.4 is 5.32 Å². The van der Waals surface area contributed by atoms with E-state index < -0.39 is 0 Å². The molecule has 0 spiro atoms. The normalized spacial score (nSPS) is 10.3. The van der Waals surface area contributed by atoms with Gasteiger partial charge in [0.25, 0.3) is 5.91 Å². The van der Waals surface area contributed by atoms with Crippen LogP contribution in [0.5, 0.6) is 0 Å². The minimum Gasteiger partial charge on any atom is -0.351 e. The van der Waals surface area contributed by atoms with Crippen molar-refractivity contribution in [1.29, 1.82) is 0 Å². The monoisotopic (exact) mass is 263 g/mol. The maximum absolute atomic E-state index is 11.8. The van der Waals surface area contributed by atoms with Crippen LogP contribution in [0, 0.1) is 12.3 Å². The number of carbonyl (C=O) groups is 1. The molecule has 2 nitrogen and oxygen atoms in total. The molecule has 0 radical (unpaired) electrons. The Morgan fingerprint density at radius 2 is 2.29 bits per heavy atom. The summed E-state index contributed by atoms with van der Waals surface area (Å²) in [4.78, 5) is 12.6. The van der Waals surface area contributed by atoms with Crippen molar-refractivity contribution in [3.8, 4) is 12.3 Å². The Morgan fingerprint density at radius 3 is 3.06 bits per heavy atom. The molecule has 0 bridgehead atoms. The van der Waals surface area contributed by atoms with Crippen LogP contribution in [-0.4, -0.2) is 12.5 Å². The number of unbranched alkanes of at least 4 members (excludes halogenated alkanes) is 2.